The number of halogens is 5. The quantitative estimate of drug-likeness (QED) is 0.645. The molecule has 0 heterocycles. The van der Waals surface area contributed by atoms with Gasteiger partial charge in [-0.3, -0.25) is 4.79 Å². The zero-order chi connectivity index (χ0) is 13.0. The minimum absolute atomic E-state index is 0.253. The van der Waals surface area contributed by atoms with Crippen LogP contribution in [0.3, 0.4) is 0 Å². The van der Waals surface area contributed by atoms with Crippen molar-refractivity contribution in [1.82, 2.24) is 0 Å². The molecule has 2 atom stereocenters. The molecule has 1 fully saturated rings. The van der Waals surface area contributed by atoms with Gasteiger partial charge < -0.3 is 5.73 Å². The lowest BCUT2D eigenvalue weighted by Crippen LogP contribution is -2.16. The van der Waals surface area contributed by atoms with Gasteiger partial charge in [-0.25, -0.2) is 0 Å². The van der Waals surface area contributed by atoms with Gasteiger partial charge in [-0.1, -0.05) is 34.8 Å². The van der Waals surface area contributed by atoms with Crippen molar-refractivity contribution in [2.45, 2.75) is 10.3 Å². The molecule has 0 radical (unpaired) electrons. The number of alkyl halides is 2. The zero-order valence-electron chi connectivity index (χ0n) is 8.18. The van der Waals surface area contributed by atoms with Crippen LogP contribution in [0, 0.1) is 5.92 Å². The van der Waals surface area contributed by atoms with Gasteiger partial charge in [0, 0.05) is 5.92 Å². The Hall–Kier alpha value is 0.140. The van der Waals surface area contributed by atoms with Crippen molar-refractivity contribution in [2.24, 2.45) is 11.7 Å². The van der Waals surface area contributed by atoms with Crippen LogP contribution >= 0.6 is 58.0 Å². The van der Waals surface area contributed by atoms with Crippen molar-refractivity contribution >= 4 is 63.9 Å². The van der Waals surface area contributed by atoms with Crippen LogP contribution in [0.1, 0.15) is 11.5 Å². The fourth-order valence-corrected chi connectivity index (χ4v) is 3.31. The Morgan fingerprint density at radius 1 is 1.18 bits per heavy atom. The van der Waals surface area contributed by atoms with Gasteiger partial charge in [0.05, 0.1) is 21.0 Å². The molecule has 1 amide bonds. The number of rotatable bonds is 2. The molecule has 2 nitrogen and oxygen atoms in total. The molecule has 0 unspecified atom stereocenters. The summed E-state index contributed by atoms with van der Waals surface area (Å²) in [7, 11) is 0. The van der Waals surface area contributed by atoms with Gasteiger partial charge in [-0.05, 0) is 17.7 Å². The molecule has 0 spiro atoms. The second-order valence-corrected chi connectivity index (χ2v) is 6.47. The predicted octanol–water partition coefficient (Wildman–Crippen LogP) is 4.02. The summed E-state index contributed by atoms with van der Waals surface area (Å²) in [5.41, 5.74) is 5.86. The number of nitrogens with two attached hydrogens (primary N) is 1. The summed E-state index contributed by atoms with van der Waals surface area (Å²) in [5, 5.41) is 0.824. The smallest absolute Gasteiger partial charge is 0.224 e. The highest BCUT2D eigenvalue weighted by atomic mass is 35.5. The summed E-state index contributed by atoms with van der Waals surface area (Å²) >= 11 is 29.6. The first-order valence-corrected chi connectivity index (χ1v) is 6.47. The van der Waals surface area contributed by atoms with Crippen LogP contribution in [0.4, 0.5) is 0 Å². The normalized spacial score (nSPS) is 25.7. The van der Waals surface area contributed by atoms with Crippen molar-refractivity contribution in [3.05, 3.63) is 32.8 Å². The maximum Gasteiger partial charge on any atom is 0.224 e. The monoisotopic (exact) mass is 331 g/mol. The Labute approximate surface area is 123 Å². The third-order valence-corrected chi connectivity index (χ3v) is 4.86. The Morgan fingerprint density at radius 2 is 1.65 bits per heavy atom. The minimum Gasteiger partial charge on any atom is -0.369 e. The minimum atomic E-state index is -1.20. The van der Waals surface area contributed by atoms with Gasteiger partial charge in [0.2, 0.25) is 5.91 Å². The van der Waals surface area contributed by atoms with Crippen LogP contribution in [-0.4, -0.2) is 10.2 Å². The third-order valence-electron chi connectivity index (χ3n) is 2.73. The topological polar surface area (TPSA) is 43.1 Å². The molecular weight excluding hydrogens is 327 g/mol. The summed E-state index contributed by atoms with van der Waals surface area (Å²) in [6.45, 7) is 0. The lowest BCUT2D eigenvalue weighted by atomic mass is 10.1. The average Bonchev–Trinajstić information content (AvgIpc) is 2.77. The molecular formula is C10H6Cl5NO. The third kappa shape index (κ3) is 2.22. The summed E-state index contributed by atoms with van der Waals surface area (Å²) in [6, 6.07) is 3.17. The first-order chi connectivity index (χ1) is 7.76. The standard InChI is InChI=1S/C10H6Cl5NO/c11-4-1-3(2-5(12)8(4)13)6-7(9(16)17)10(6,14)15/h1-2,6-7H,(H2,16,17)/t6-,7+/m0/s1. The Kier molecular flexibility index (Phi) is 3.48. The number of carbonyl (C=O) groups is 1. The second kappa shape index (κ2) is 4.36. The first kappa shape index (κ1) is 13.6. The maximum atomic E-state index is 11.2. The van der Waals surface area contributed by atoms with Crippen LogP contribution in [0.25, 0.3) is 0 Å². The van der Waals surface area contributed by atoms with E-state index in [4.69, 9.17) is 63.7 Å². The molecule has 1 saturated carbocycles. The molecule has 7 heteroatoms. The Balaban J connectivity index is 2.41. The van der Waals surface area contributed by atoms with Gasteiger partial charge in [-0.15, -0.1) is 23.2 Å². The molecule has 0 aromatic heterocycles. The molecule has 2 N–H and O–H groups in total. The van der Waals surface area contributed by atoms with E-state index in [0.717, 1.165) is 0 Å². The lowest BCUT2D eigenvalue weighted by Gasteiger charge is -2.05. The molecule has 17 heavy (non-hydrogen) atoms. The second-order valence-electron chi connectivity index (χ2n) is 3.83. The number of primary amides is 1. The molecule has 0 aliphatic heterocycles. The van der Waals surface area contributed by atoms with E-state index in [-0.39, 0.29) is 15.1 Å². The average molecular weight is 333 g/mol. The number of hydrogen-bond donors (Lipinski definition) is 1. The number of hydrogen-bond acceptors (Lipinski definition) is 1. The molecule has 1 aliphatic carbocycles. The van der Waals surface area contributed by atoms with E-state index in [1.165, 1.54) is 0 Å². The van der Waals surface area contributed by atoms with E-state index < -0.39 is 22.1 Å². The number of amides is 1. The van der Waals surface area contributed by atoms with Gasteiger partial charge in [0.25, 0.3) is 0 Å². The highest BCUT2D eigenvalue weighted by Gasteiger charge is 2.67. The van der Waals surface area contributed by atoms with E-state index in [1.807, 2.05) is 0 Å². The highest BCUT2D eigenvalue weighted by Crippen LogP contribution is 2.65. The summed E-state index contributed by atoms with van der Waals surface area (Å²) in [5.74, 6) is -1.60. The molecule has 0 saturated heterocycles. The van der Waals surface area contributed by atoms with Gasteiger partial charge >= 0.3 is 0 Å². The van der Waals surface area contributed by atoms with E-state index in [0.29, 0.717) is 5.56 Å². The highest BCUT2D eigenvalue weighted by molar-refractivity contribution is 6.53. The van der Waals surface area contributed by atoms with Crippen LogP contribution in [-0.2, 0) is 4.79 Å². The van der Waals surface area contributed by atoms with Gasteiger partial charge in [-0.2, -0.15) is 0 Å². The van der Waals surface area contributed by atoms with E-state index in [9.17, 15) is 4.79 Å². The van der Waals surface area contributed by atoms with Gasteiger partial charge in [0.15, 0.2) is 0 Å². The lowest BCUT2D eigenvalue weighted by molar-refractivity contribution is -0.119. The van der Waals surface area contributed by atoms with Crippen LogP contribution < -0.4 is 5.73 Å². The largest absolute Gasteiger partial charge is 0.369 e. The summed E-state index contributed by atoms with van der Waals surface area (Å²) in [6.07, 6.45) is 0. The van der Waals surface area contributed by atoms with E-state index in [1.54, 1.807) is 12.1 Å². The van der Waals surface area contributed by atoms with Crippen LogP contribution in [0.5, 0.6) is 0 Å². The van der Waals surface area contributed by atoms with Crippen molar-refractivity contribution in [1.29, 1.82) is 0 Å². The predicted molar refractivity (Wildman–Crippen MR) is 71.3 cm³/mol. The number of benzene rings is 1. The van der Waals surface area contributed by atoms with Crippen LogP contribution in [0.15, 0.2) is 12.1 Å². The molecule has 1 aromatic carbocycles. The molecule has 2 rings (SSSR count). The van der Waals surface area contributed by atoms with Gasteiger partial charge in [0.1, 0.15) is 4.33 Å². The van der Waals surface area contributed by atoms with Crippen molar-refractivity contribution in [2.75, 3.05) is 0 Å². The fraction of sp³-hybridized carbons (Fsp3) is 0.300. The van der Waals surface area contributed by atoms with Crippen molar-refractivity contribution in [3.8, 4) is 0 Å². The van der Waals surface area contributed by atoms with E-state index in [2.05, 4.69) is 0 Å². The molecule has 1 aromatic rings. The molecule has 1 aliphatic rings. The fourth-order valence-electron chi connectivity index (χ4n) is 1.85. The summed E-state index contributed by atoms with van der Waals surface area (Å²) < 4.78 is -1.20. The van der Waals surface area contributed by atoms with Crippen molar-refractivity contribution < 1.29 is 4.79 Å². The zero-order valence-corrected chi connectivity index (χ0v) is 12.0. The molecule has 92 valence electrons. The Morgan fingerprint density at radius 3 is 2.00 bits per heavy atom. The number of carbonyl (C=O) groups excluding carboxylic acids is 1. The maximum absolute atomic E-state index is 11.2. The first-order valence-electron chi connectivity index (χ1n) is 4.58. The molecule has 0 bridgehead atoms. The van der Waals surface area contributed by atoms with Crippen molar-refractivity contribution in [3.63, 3.8) is 0 Å². The summed E-state index contributed by atoms with van der Waals surface area (Å²) in [4.78, 5) is 11.2. The Bertz CT molecular complexity index is 478. The van der Waals surface area contributed by atoms with Crippen LogP contribution in [0.2, 0.25) is 15.1 Å². The SMILES string of the molecule is NC(=O)[C@H]1[C@H](c2cc(Cl)c(Cl)c(Cl)c2)C1(Cl)Cl. The van der Waals surface area contributed by atoms with E-state index >= 15 is 0 Å².